The van der Waals surface area contributed by atoms with Gasteiger partial charge in [-0.3, -0.25) is 0 Å². The Balaban J connectivity index is 2.20. The first-order valence-electron chi connectivity index (χ1n) is 5.76. The molecule has 0 unspecified atom stereocenters. The number of aromatic nitrogens is 5. The van der Waals surface area contributed by atoms with E-state index in [0.717, 1.165) is 22.1 Å². The summed E-state index contributed by atoms with van der Waals surface area (Å²) in [7, 11) is 0. The Bertz CT molecular complexity index is 879. The number of aromatic amines is 1. The first-order valence-corrected chi connectivity index (χ1v) is 6.14. The second-order valence-corrected chi connectivity index (χ2v) is 4.53. The largest absolute Gasteiger partial charge is 0.327 e. The Morgan fingerprint density at radius 2 is 2.00 bits per heavy atom. The van der Waals surface area contributed by atoms with Crippen LogP contribution in [0.4, 0.5) is 0 Å². The van der Waals surface area contributed by atoms with E-state index in [0.29, 0.717) is 11.0 Å². The summed E-state index contributed by atoms with van der Waals surface area (Å²) < 4.78 is 2.02. The molecule has 0 aliphatic carbocycles. The lowest BCUT2D eigenvalue weighted by Gasteiger charge is -2.07. The van der Waals surface area contributed by atoms with Gasteiger partial charge in [-0.25, -0.2) is 4.98 Å². The molecule has 0 aliphatic heterocycles. The van der Waals surface area contributed by atoms with Crippen molar-refractivity contribution in [1.82, 2.24) is 24.6 Å². The standard InChI is InChI=1S/C13H8ClN5/c14-12-10-5-2-6-19(10)9-4-1-3-8(11(9)17-12)13-15-7-16-18-13/h1-7H,(H,15,16,18). The average molecular weight is 270 g/mol. The topological polar surface area (TPSA) is 58.9 Å². The predicted molar refractivity (Wildman–Crippen MR) is 73.1 cm³/mol. The molecule has 0 fully saturated rings. The maximum atomic E-state index is 6.23. The predicted octanol–water partition coefficient (Wildman–Crippen LogP) is 2.93. The quantitative estimate of drug-likeness (QED) is 0.578. The van der Waals surface area contributed by atoms with E-state index in [9.17, 15) is 0 Å². The van der Waals surface area contributed by atoms with Crippen LogP contribution in [-0.4, -0.2) is 24.6 Å². The molecule has 6 heteroatoms. The molecular weight excluding hydrogens is 262 g/mol. The number of hydrogen-bond acceptors (Lipinski definition) is 3. The first kappa shape index (κ1) is 10.5. The van der Waals surface area contributed by atoms with Gasteiger partial charge in [0, 0.05) is 11.8 Å². The normalized spacial score (nSPS) is 11.4. The minimum atomic E-state index is 0.476. The van der Waals surface area contributed by atoms with E-state index in [1.165, 1.54) is 0 Å². The van der Waals surface area contributed by atoms with Gasteiger partial charge in [0.2, 0.25) is 0 Å². The molecule has 4 rings (SSSR count). The van der Waals surface area contributed by atoms with Gasteiger partial charge in [0.1, 0.15) is 6.33 Å². The summed E-state index contributed by atoms with van der Waals surface area (Å²) in [5, 5.41) is 8.32. The van der Waals surface area contributed by atoms with Gasteiger partial charge in [0.05, 0.1) is 16.6 Å². The van der Waals surface area contributed by atoms with Crippen molar-refractivity contribution in [2.24, 2.45) is 0 Å². The number of rotatable bonds is 1. The van der Waals surface area contributed by atoms with E-state index in [4.69, 9.17) is 11.6 Å². The fourth-order valence-corrected chi connectivity index (χ4v) is 2.52. The molecule has 0 saturated carbocycles. The number of benzene rings is 1. The lowest BCUT2D eigenvalue weighted by atomic mass is 10.1. The Morgan fingerprint density at radius 3 is 2.84 bits per heavy atom. The summed E-state index contributed by atoms with van der Waals surface area (Å²) in [6.45, 7) is 0. The van der Waals surface area contributed by atoms with Crippen molar-refractivity contribution in [3.63, 3.8) is 0 Å². The molecule has 3 heterocycles. The van der Waals surface area contributed by atoms with Gasteiger partial charge in [0.25, 0.3) is 0 Å². The monoisotopic (exact) mass is 269 g/mol. The zero-order chi connectivity index (χ0) is 12.8. The van der Waals surface area contributed by atoms with Crippen LogP contribution in [0.1, 0.15) is 0 Å². The number of halogens is 1. The molecule has 3 aromatic heterocycles. The van der Waals surface area contributed by atoms with Crippen LogP contribution < -0.4 is 0 Å². The van der Waals surface area contributed by atoms with Crippen molar-refractivity contribution in [3.05, 3.63) is 48.0 Å². The van der Waals surface area contributed by atoms with Crippen LogP contribution in [0.3, 0.4) is 0 Å². The molecule has 0 spiro atoms. The van der Waals surface area contributed by atoms with Crippen LogP contribution in [0.25, 0.3) is 27.9 Å². The summed E-state index contributed by atoms with van der Waals surface area (Å²) in [4.78, 5) is 7.48. The van der Waals surface area contributed by atoms with Crippen molar-refractivity contribution in [1.29, 1.82) is 0 Å². The third-order valence-corrected chi connectivity index (χ3v) is 3.39. The van der Waals surface area contributed by atoms with E-state index in [2.05, 4.69) is 20.2 Å². The van der Waals surface area contributed by atoms with E-state index in [-0.39, 0.29) is 0 Å². The molecule has 0 radical (unpaired) electrons. The third kappa shape index (κ3) is 1.45. The van der Waals surface area contributed by atoms with Crippen molar-refractivity contribution < 1.29 is 0 Å². The molecule has 92 valence electrons. The van der Waals surface area contributed by atoms with E-state index >= 15 is 0 Å². The highest BCUT2D eigenvalue weighted by molar-refractivity contribution is 6.33. The van der Waals surface area contributed by atoms with Gasteiger partial charge < -0.3 is 9.38 Å². The highest BCUT2D eigenvalue weighted by atomic mass is 35.5. The van der Waals surface area contributed by atoms with E-state index in [1.807, 2.05) is 40.9 Å². The van der Waals surface area contributed by atoms with Crippen molar-refractivity contribution in [3.8, 4) is 11.4 Å². The van der Waals surface area contributed by atoms with Crippen LogP contribution in [0, 0.1) is 0 Å². The van der Waals surface area contributed by atoms with Crippen molar-refractivity contribution >= 4 is 28.2 Å². The smallest absolute Gasteiger partial charge is 0.163 e. The summed E-state index contributed by atoms with van der Waals surface area (Å²) in [5.74, 6) is 0.681. The highest BCUT2D eigenvalue weighted by Gasteiger charge is 2.12. The van der Waals surface area contributed by atoms with Gasteiger partial charge in [-0.15, -0.1) is 10.2 Å². The van der Waals surface area contributed by atoms with Crippen LogP contribution in [0.2, 0.25) is 5.15 Å². The fraction of sp³-hybridized carbons (Fsp3) is 0. The molecule has 4 aromatic rings. The van der Waals surface area contributed by atoms with Gasteiger partial charge in [-0.1, -0.05) is 17.7 Å². The Labute approximate surface area is 112 Å². The average Bonchev–Trinajstić information content (AvgIpc) is 3.10. The Kier molecular flexibility index (Phi) is 2.10. The molecule has 1 N–H and O–H groups in total. The fourth-order valence-electron chi connectivity index (χ4n) is 2.29. The van der Waals surface area contributed by atoms with Crippen molar-refractivity contribution in [2.45, 2.75) is 0 Å². The van der Waals surface area contributed by atoms with Crippen LogP contribution in [-0.2, 0) is 0 Å². The summed E-state index contributed by atoms with van der Waals surface area (Å²) in [6, 6.07) is 9.81. The number of H-pyrrole nitrogens is 1. The second kappa shape index (κ2) is 3.80. The molecule has 0 amide bonds. The van der Waals surface area contributed by atoms with Crippen LogP contribution in [0.15, 0.2) is 42.9 Å². The summed E-state index contributed by atoms with van der Waals surface area (Å²) in [6.07, 6.45) is 3.51. The molecule has 0 atom stereocenters. The first-order chi connectivity index (χ1) is 9.34. The molecule has 1 aromatic carbocycles. The van der Waals surface area contributed by atoms with Gasteiger partial charge >= 0.3 is 0 Å². The van der Waals surface area contributed by atoms with Gasteiger partial charge in [-0.05, 0) is 24.3 Å². The molecule has 5 nitrogen and oxygen atoms in total. The molecule has 0 aliphatic rings. The zero-order valence-corrected chi connectivity index (χ0v) is 10.5. The lowest BCUT2D eigenvalue weighted by Crippen LogP contribution is -1.94. The zero-order valence-electron chi connectivity index (χ0n) is 9.71. The Hall–Kier alpha value is -2.40. The van der Waals surface area contributed by atoms with Crippen LogP contribution in [0.5, 0.6) is 0 Å². The lowest BCUT2D eigenvalue weighted by molar-refractivity contribution is 1.09. The maximum absolute atomic E-state index is 6.23. The maximum Gasteiger partial charge on any atom is 0.163 e. The van der Waals surface area contributed by atoms with Crippen LogP contribution >= 0.6 is 11.6 Å². The number of hydrogen-bond donors (Lipinski definition) is 1. The minimum absolute atomic E-state index is 0.476. The molecule has 0 saturated heterocycles. The number of para-hydroxylation sites is 1. The van der Waals surface area contributed by atoms with E-state index in [1.54, 1.807) is 6.33 Å². The number of nitrogens with one attached hydrogen (secondary N) is 1. The third-order valence-electron chi connectivity index (χ3n) is 3.12. The van der Waals surface area contributed by atoms with Gasteiger partial charge in [0.15, 0.2) is 11.0 Å². The SMILES string of the molecule is Clc1nc2c(-c3nnc[nH]3)cccc2n2cccc12. The number of fused-ring (bicyclic) bond motifs is 3. The summed E-state index contributed by atoms with van der Waals surface area (Å²) in [5.41, 5.74) is 3.56. The van der Waals surface area contributed by atoms with Crippen molar-refractivity contribution in [2.75, 3.05) is 0 Å². The highest BCUT2D eigenvalue weighted by Crippen LogP contribution is 2.28. The second-order valence-electron chi connectivity index (χ2n) is 4.18. The van der Waals surface area contributed by atoms with E-state index < -0.39 is 0 Å². The minimum Gasteiger partial charge on any atom is -0.327 e. The Morgan fingerprint density at radius 1 is 1.11 bits per heavy atom. The number of nitrogens with zero attached hydrogens (tertiary/aromatic N) is 4. The molecular formula is C13H8ClN5. The molecule has 0 bridgehead atoms. The summed E-state index contributed by atoms with van der Waals surface area (Å²) >= 11 is 6.23. The molecule has 19 heavy (non-hydrogen) atoms. The van der Waals surface area contributed by atoms with Gasteiger partial charge in [-0.2, -0.15) is 0 Å².